The molecule has 3 rings (SSSR count). The fourth-order valence-corrected chi connectivity index (χ4v) is 3.56. The number of likely N-dealkylation sites (tertiary alicyclic amines) is 1. The third-order valence-electron chi connectivity index (χ3n) is 3.97. The second-order valence-corrected chi connectivity index (χ2v) is 6.69. The van der Waals surface area contributed by atoms with Crippen LogP contribution in [-0.4, -0.2) is 34.1 Å². The van der Waals surface area contributed by atoms with Crippen LogP contribution in [-0.2, 0) is 12.4 Å². The zero-order valence-corrected chi connectivity index (χ0v) is 13.9. The molecule has 1 fully saturated rings. The molecule has 2 aromatic rings. The van der Waals surface area contributed by atoms with E-state index >= 15 is 0 Å². The highest BCUT2D eigenvalue weighted by atomic mass is 127. The highest BCUT2D eigenvalue weighted by Gasteiger charge is 2.23. The molecule has 1 aromatic heterocycles. The molecule has 1 aromatic carbocycles. The highest BCUT2D eigenvalue weighted by molar-refractivity contribution is 14.1. The summed E-state index contributed by atoms with van der Waals surface area (Å²) in [5, 5.41) is 0. The van der Waals surface area contributed by atoms with Gasteiger partial charge >= 0.3 is 0 Å². The van der Waals surface area contributed by atoms with Gasteiger partial charge in [0.05, 0.1) is 16.9 Å². The summed E-state index contributed by atoms with van der Waals surface area (Å²) in [6.07, 6.45) is 2.56. The Bertz CT molecular complexity index is 596. The Balaban J connectivity index is 2.00. The van der Waals surface area contributed by atoms with Crippen molar-refractivity contribution in [1.29, 1.82) is 0 Å². The smallest absolute Gasteiger partial charge is 0.124 e. The van der Waals surface area contributed by atoms with Crippen LogP contribution in [0, 0.1) is 3.57 Å². The summed E-state index contributed by atoms with van der Waals surface area (Å²) in [6.45, 7) is 2.20. The molecule has 1 aliphatic heterocycles. The first kappa shape index (κ1) is 13.6. The first-order chi connectivity index (χ1) is 9.19. The van der Waals surface area contributed by atoms with Crippen LogP contribution in [0.2, 0.25) is 0 Å². The lowest BCUT2D eigenvalue weighted by Gasteiger charge is -2.21. The van der Waals surface area contributed by atoms with Crippen LogP contribution in [0.5, 0.6) is 0 Å². The summed E-state index contributed by atoms with van der Waals surface area (Å²) < 4.78 is 3.51. The van der Waals surface area contributed by atoms with E-state index in [2.05, 4.69) is 62.3 Å². The lowest BCUT2D eigenvalue weighted by molar-refractivity contribution is 0.282. The van der Waals surface area contributed by atoms with Gasteiger partial charge in [0, 0.05) is 16.2 Å². The Hall–Kier alpha value is -0.330. The lowest BCUT2D eigenvalue weighted by atomic mass is 10.2. The summed E-state index contributed by atoms with van der Waals surface area (Å²) in [5.41, 5.74) is 2.26. The normalized spacial score (nSPS) is 20.5. The van der Waals surface area contributed by atoms with E-state index in [1.807, 2.05) is 0 Å². The maximum absolute atomic E-state index is 6.07. The van der Waals surface area contributed by atoms with Crippen molar-refractivity contribution in [3.63, 3.8) is 0 Å². The monoisotopic (exact) mass is 389 g/mol. The molecule has 1 aliphatic rings. The molecule has 3 nitrogen and oxygen atoms in total. The van der Waals surface area contributed by atoms with Gasteiger partial charge in [-0.15, -0.1) is 11.6 Å². The molecule has 0 spiro atoms. The fraction of sp³-hybridized carbons (Fsp3) is 0.500. The Labute approximate surface area is 132 Å². The number of alkyl halides is 1. The second-order valence-electron chi connectivity index (χ2n) is 5.18. The van der Waals surface area contributed by atoms with Crippen molar-refractivity contribution in [3.05, 3.63) is 27.6 Å². The molecule has 5 heteroatoms. The molecule has 0 saturated carbocycles. The average Bonchev–Trinajstić information content (AvgIpc) is 2.94. The number of hydrogen-bond acceptors (Lipinski definition) is 2. The zero-order chi connectivity index (χ0) is 13.4. The third-order valence-corrected chi connectivity index (χ3v) is 4.88. The predicted octanol–water partition coefficient (Wildman–Crippen LogP) is 3.47. The molecule has 102 valence electrons. The van der Waals surface area contributed by atoms with Gasteiger partial charge in [-0.2, -0.15) is 0 Å². The number of likely N-dealkylation sites (N-methyl/N-ethyl adjacent to an activating group) is 1. The molecule has 1 atom stereocenters. The maximum Gasteiger partial charge on any atom is 0.124 e. The number of nitrogens with zero attached hydrogens (tertiary/aromatic N) is 3. The van der Waals surface area contributed by atoms with Crippen molar-refractivity contribution < 1.29 is 0 Å². The van der Waals surface area contributed by atoms with E-state index in [4.69, 9.17) is 11.6 Å². The number of imidazole rings is 1. The molecule has 1 saturated heterocycles. The van der Waals surface area contributed by atoms with Crippen molar-refractivity contribution in [3.8, 4) is 0 Å². The van der Waals surface area contributed by atoms with Gasteiger partial charge < -0.3 is 9.47 Å². The van der Waals surface area contributed by atoms with Gasteiger partial charge in [-0.1, -0.05) is 0 Å². The standard InChI is InChI=1S/C14H17ClIN3/c1-18-6-2-3-11(18)9-19-13-5-4-10(16)7-12(13)17-14(19)8-15/h4-5,7,11H,2-3,6,8-9H2,1H3. The quantitative estimate of drug-likeness (QED) is 0.592. The Kier molecular flexibility index (Phi) is 4.01. The number of benzene rings is 1. The van der Waals surface area contributed by atoms with Crippen molar-refractivity contribution in [2.24, 2.45) is 0 Å². The molecule has 2 heterocycles. The Morgan fingerprint density at radius 3 is 3.00 bits per heavy atom. The largest absolute Gasteiger partial charge is 0.325 e. The van der Waals surface area contributed by atoms with Gasteiger partial charge in [-0.3, -0.25) is 0 Å². The van der Waals surface area contributed by atoms with Gasteiger partial charge in [-0.25, -0.2) is 4.98 Å². The molecular weight excluding hydrogens is 373 g/mol. The first-order valence-electron chi connectivity index (χ1n) is 6.60. The molecular formula is C14H17ClIN3. The lowest BCUT2D eigenvalue weighted by Crippen LogP contribution is -2.29. The van der Waals surface area contributed by atoms with E-state index in [9.17, 15) is 0 Å². The second kappa shape index (κ2) is 5.58. The van der Waals surface area contributed by atoms with Gasteiger partial charge in [0.1, 0.15) is 5.82 Å². The number of aromatic nitrogens is 2. The summed E-state index contributed by atoms with van der Waals surface area (Å²) >= 11 is 8.39. The van der Waals surface area contributed by atoms with E-state index in [1.54, 1.807) is 0 Å². The highest BCUT2D eigenvalue weighted by Crippen LogP contribution is 2.23. The molecule has 1 unspecified atom stereocenters. The molecule has 0 bridgehead atoms. The van der Waals surface area contributed by atoms with Crippen LogP contribution in [0.4, 0.5) is 0 Å². The molecule has 0 radical (unpaired) electrons. The van der Waals surface area contributed by atoms with Gasteiger partial charge in [0.15, 0.2) is 0 Å². The minimum absolute atomic E-state index is 0.474. The number of hydrogen-bond donors (Lipinski definition) is 0. The summed E-state index contributed by atoms with van der Waals surface area (Å²) in [5.74, 6) is 1.46. The molecule has 0 aliphatic carbocycles. The Morgan fingerprint density at radius 2 is 2.32 bits per heavy atom. The van der Waals surface area contributed by atoms with Crippen LogP contribution in [0.25, 0.3) is 11.0 Å². The van der Waals surface area contributed by atoms with Gasteiger partial charge in [-0.05, 0) is 67.2 Å². The fourth-order valence-electron chi connectivity index (χ4n) is 2.88. The SMILES string of the molecule is CN1CCCC1Cn1c(CCl)nc2cc(I)ccc21. The third kappa shape index (κ3) is 2.62. The van der Waals surface area contributed by atoms with Crippen LogP contribution in [0.1, 0.15) is 18.7 Å². The van der Waals surface area contributed by atoms with Gasteiger partial charge in [0.2, 0.25) is 0 Å². The number of rotatable bonds is 3. The molecule has 19 heavy (non-hydrogen) atoms. The minimum Gasteiger partial charge on any atom is -0.325 e. The summed E-state index contributed by atoms with van der Waals surface area (Å²) in [6, 6.07) is 7.03. The van der Waals surface area contributed by atoms with E-state index in [0.717, 1.165) is 17.9 Å². The average molecular weight is 390 g/mol. The van der Waals surface area contributed by atoms with E-state index in [0.29, 0.717) is 11.9 Å². The zero-order valence-electron chi connectivity index (χ0n) is 10.9. The topological polar surface area (TPSA) is 21.1 Å². The number of fused-ring (bicyclic) bond motifs is 1. The molecule has 0 N–H and O–H groups in total. The summed E-state index contributed by atoms with van der Waals surface area (Å²) in [7, 11) is 2.21. The van der Waals surface area contributed by atoms with E-state index < -0.39 is 0 Å². The summed E-state index contributed by atoms with van der Waals surface area (Å²) in [4.78, 5) is 7.11. The first-order valence-corrected chi connectivity index (χ1v) is 8.21. The van der Waals surface area contributed by atoms with Gasteiger partial charge in [0.25, 0.3) is 0 Å². The Morgan fingerprint density at radius 1 is 1.47 bits per heavy atom. The van der Waals surface area contributed by atoms with Crippen molar-refractivity contribution in [2.45, 2.75) is 31.3 Å². The minimum atomic E-state index is 0.474. The molecule has 0 amide bonds. The van der Waals surface area contributed by atoms with Crippen LogP contribution in [0.15, 0.2) is 18.2 Å². The van der Waals surface area contributed by atoms with Crippen LogP contribution >= 0.6 is 34.2 Å². The number of halogens is 2. The van der Waals surface area contributed by atoms with Crippen molar-refractivity contribution in [2.75, 3.05) is 13.6 Å². The van der Waals surface area contributed by atoms with Crippen LogP contribution < -0.4 is 0 Å². The van der Waals surface area contributed by atoms with Crippen molar-refractivity contribution in [1.82, 2.24) is 14.5 Å². The maximum atomic E-state index is 6.07. The van der Waals surface area contributed by atoms with E-state index in [-0.39, 0.29) is 0 Å². The van der Waals surface area contributed by atoms with Crippen molar-refractivity contribution >= 4 is 45.2 Å². The predicted molar refractivity (Wildman–Crippen MR) is 87.7 cm³/mol. The van der Waals surface area contributed by atoms with E-state index in [1.165, 1.54) is 28.5 Å². The van der Waals surface area contributed by atoms with Crippen LogP contribution in [0.3, 0.4) is 0 Å².